The Morgan fingerprint density at radius 3 is 3.24 bits per heavy atom. The van der Waals surface area contributed by atoms with Crippen molar-refractivity contribution in [3.05, 3.63) is 39.0 Å². The molecule has 0 spiro atoms. The second-order valence-electron chi connectivity index (χ2n) is 4.27. The molecule has 1 atom stereocenters. The fourth-order valence-corrected chi connectivity index (χ4v) is 2.84. The zero-order valence-corrected chi connectivity index (χ0v) is 10.2. The molecule has 2 N–H and O–H groups in total. The topological polar surface area (TPSA) is 62.7 Å². The van der Waals surface area contributed by atoms with Gasteiger partial charge in [-0.25, -0.2) is 4.98 Å². The summed E-state index contributed by atoms with van der Waals surface area (Å²) >= 11 is 1.20. The number of aromatic amines is 1. The molecule has 0 bridgehead atoms. The molecule has 3 heterocycles. The number of rotatable bonds is 3. The lowest BCUT2D eigenvalue weighted by atomic mass is 10.2. The van der Waals surface area contributed by atoms with E-state index in [0.29, 0.717) is 12.6 Å². The monoisotopic (exact) mass is 250 g/mol. The van der Waals surface area contributed by atoms with Crippen molar-refractivity contribution < 1.29 is 0 Å². The summed E-state index contributed by atoms with van der Waals surface area (Å²) in [4.78, 5) is 18.1. The van der Waals surface area contributed by atoms with Gasteiger partial charge in [-0.3, -0.25) is 4.79 Å². The van der Waals surface area contributed by atoms with Crippen LogP contribution in [-0.4, -0.2) is 21.1 Å². The van der Waals surface area contributed by atoms with Crippen LogP contribution in [-0.2, 0) is 6.54 Å². The summed E-state index contributed by atoms with van der Waals surface area (Å²) in [5, 5.41) is 5.33. The number of aromatic nitrogens is 3. The van der Waals surface area contributed by atoms with Crippen molar-refractivity contribution in [3.63, 3.8) is 0 Å². The summed E-state index contributed by atoms with van der Waals surface area (Å²) in [6.07, 6.45) is 6.11. The molecule has 1 aliphatic rings. The first-order valence-corrected chi connectivity index (χ1v) is 6.61. The Balaban J connectivity index is 1.83. The van der Waals surface area contributed by atoms with Crippen LogP contribution in [0, 0.1) is 0 Å². The lowest BCUT2D eigenvalue weighted by Gasteiger charge is -2.13. The van der Waals surface area contributed by atoms with Gasteiger partial charge in [0.05, 0.1) is 18.6 Å². The molecule has 2 aromatic rings. The van der Waals surface area contributed by atoms with E-state index >= 15 is 0 Å². The smallest absolute Gasteiger partial charge is 0.304 e. The molecule has 0 aliphatic carbocycles. The van der Waals surface area contributed by atoms with Crippen LogP contribution in [0.25, 0.3) is 0 Å². The highest BCUT2D eigenvalue weighted by atomic mass is 32.1. The molecule has 1 fully saturated rings. The van der Waals surface area contributed by atoms with Gasteiger partial charge in [-0.1, -0.05) is 11.3 Å². The Labute approximate surface area is 103 Å². The first-order chi connectivity index (χ1) is 8.33. The van der Waals surface area contributed by atoms with Crippen LogP contribution in [0.3, 0.4) is 0 Å². The number of hydrogen-bond donors (Lipinski definition) is 2. The Bertz CT molecular complexity index is 550. The minimum atomic E-state index is 0.000608. The lowest BCUT2D eigenvalue weighted by Crippen LogP contribution is -2.17. The molecule has 2 aromatic heterocycles. The van der Waals surface area contributed by atoms with E-state index in [1.807, 2.05) is 17.9 Å². The molecule has 1 saturated heterocycles. The highest BCUT2D eigenvalue weighted by Gasteiger charge is 2.19. The van der Waals surface area contributed by atoms with Gasteiger partial charge in [0.15, 0.2) is 0 Å². The number of imidazole rings is 1. The normalized spacial score (nSPS) is 19.9. The third-order valence-electron chi connectivity index (χ3n) is 3.07. The molecular formula is C11H14N4OS. The van der Waals surface area contributed by atoms with Crippen molar-refractivity contribution >= 4 is 11.3 Å². The number of thiazole rings is 1. The van der Waals surface area contributed by atoms with Gasteiger partial charge in [-0.15, -0.1) is 0 Å². The first-order valence-electron chi connectivity index (χ1n) is 5.73. The predicted molar refractivity (Wildman–Crippen MR) is 66.2 cm³/mol. The molecule has 0 amide bonds. The summed E-state index contributed by atoms with van der Waals surface area (Å²) in [5.74, 6) is 0. The van der Waals surface area contributed by atoms with Crippen LogP contribution in [0.1, 0.15) is 30.3 Å². The fraction of sp³-hybridized carbons (Fsp3) is 0.455. The maximum absolute atomic E-state index is 11.1. The summed E-state index contributed by atoms with van der Waals surface area (Å²) in [7, 11) is 0. The van der Waals surface area contributed by atoms with Crippen LogP contribution in [0.4, 0.5) is 0 Å². The van der Waals surface area contributed by atoms with Gasteiger partial charge < -0.3 is 14.9 Å². The van der Waals surface area contributed by atoms with Crippen LogP contribution in [0.2, 0.25) is 0 Å². The molecule has 1 unspecified atom stereocenters. The highest BCUT2D eigenvalue weighted by molar-refractivity contribution is 7.07. The molecule has 17 heavy (non-hydrogen) atoms. The second kappa shape index (κ2) is 4.46. The van der Waals surface area contributed by atoms with E-state index in [1.165, 1.54) is 23.5 Å². The van der Waals surface area contributed by atoms with Crippen LogP contribution in [0.5, 0.6) is 0 Å². The Morgan fingerprint density at radius 1 is 1.59 bits per heavy atom. The lowest BCUT2D eigenvalue weighted by molar-refractivity contribution is 0.582. The molecule has 5 nitrogen and oxygen atoms in total. The minimum absolute atomic E-state index is 0.000608. The summed E-state index contributed by atoms with van der Waals surface area (Å²) < 4.78 is 2.10. The number of hydrogen-bond acceptors (Lipinski definition) is 4. The van der Waals surface area contributed by atoms with Crippen molar-refractivity contribution in [2.45, 2.75) is 25.4 Å². The average molecular weight is 250 g/mol. The van der Waals surface area contributed by atoms with E-state index in [0.717, 1.165) is 18.7 Å². The van der Waals surface area contributed by atoms with E-state index in [-0.39, 0.29) is 4.87 Å². The second-order valence-corrected chi connectivity index (χ2v) is 5.11. The average Bonchev–Trinajstić information content (AvgIpc) is 3.00. The third-order valence-corrected chi connectivity index (χ3v) is 3.79. The quantitative estimate of drug-likeness (QED) is 0.857. The summed E-state index contributed by atoms with van der Waals surface area (Å²) in [6.45, 7) is 1.76. The van der Waals surface area contributed by atoms with Gasteiger partial charge in [-0.2, -0.15) is 0 Å². The molecule has 0 radical (unpaired) electrons. The molecule has 90 valence electrons. The van der Waals surface area contributed by atoms with Crippen LogP contribution in [0.15, 0.2) is 22.7 Å². The van der Waals surface area contributed by atoms with Gasteiger partial charge in [0.25, 0.3) is 0 Å². The summed E-state index contributed by atoms with van der Waals surface area (Å²) in [6, 6.07) is 0.405. The highest BCUT2D eigenvalue weighted by Crippen LogP contribution is 2.22. The van der Waals surface area contributed by atoms with E-state index in [9.17, 15) is 4.79 Å². The number of H-pyrrole nitrogens is 1. The molecular weight excluding hydrogens is 236 g/mol. The van der Waals surface area contributed by atoms with E-state index in [2.05, 4.69) is 19.9 Å². The number of nitrogens with zero attached hydrogens (tertiary/aromatic N) is 2. The Kier molecular flexibility index (Phi) is 2.82. The predicted octanol–water partition coefficient (Wildman–Crippen LogP) is 1.11. The van der Waals surface area contributed by atoms with Crippen molar-refractivity contribution in [1.82, 2.24) is 19.9 Å². The molecule has 3 rings (SSSR count). The van der Waals surface area contributed by atoms with Gasteiger partial charge in [0, 0.05) is 23.3 Å². The minimum Gasteiger partial charge on any atom is -0.327 e. The van der Waals surface area contributed by atoms with Crippen molar-refractivity contribution in [2.24, 2.45) is 0 Å². The van der Waals surface area contributed by atoms with Crippen LogP contribution >= 0.6 is 11.3 Å². The largest absolute Gasteiger partial charge is 0.327 e. The van der Waals surface area contributed by atoms with E-state index < -0.39 is 0 Å². The van der Waals surface area contributed by atoms with Gasteiger partial charge in [0.2, 0.25) is 0 Å². The maximum Gasteiger partial charge on any atom is 0.304 e. The zero-order valence-electron chi connectivity index (χ0n) is 9.35. The first kappa shape index (κ1) is 10.7. The zero-order chi connectivity index (χ0) is 11.7. The molecule has 6 heteroatoms. The van der Waals surface area contributed by atoms with Gasteiger partial charge >= 0.3 is 4.87 Å². The van der Waals surface area contributed by atoms with Gasteiger partial charge in [-0.05, 0) is 19.4 Å². The van der Waals surface area contributed by atoms with Crippen molar-refractivity contribution in [3.8, 4) is 0 Å². The fourth-order valence-electron chi connectivity index (χ4n) is 2.27. The van der Waals surface area contributed by atoms with Crippen LogP contribution < -0.4 is 10.2 Å². The standard InChI is InChI=1S/C11H14N4OS/c16-11-14-8(6-17-11)5-15-7-12-4-10(15)9-2-1-3-13-9/h4,6-7,9,13H,1-3,5H2,(H,14,16). The van der Waals surface area contributed by atoms with Crippen molar-refractivity contribution in [2.75, 3.05) is 6.54 Å². The Hall–Kier alpha value is -1.40. The third kappa shape index (κ3) is 2.18. The number of nitrogens with one attached hydrogen (secondary N) is 2. The Morgan fingerprint density at radius 2 is 2.53 bits per heavy atom. The molecule has 0 aromatic carbocycles. The maximum atomic E-state index is 11.1. The van der Waals surface area contributed by atoms with Gasteiger partial charge in [0.1, 0.15) is 0 Å². The SMILES string of the molecule is O=c1[nH]c(Cn2cncc2C2CCCN2)cs1. The van der Waals surface area contributed by atoms with Crippen molar-refractivity contribution in [1.29, 1.82) is 0 Å². The summed E-state index contributed by atoms with van der Waals surface area (Å²) in [5.41, 5.74) is 2.15. The molecule has 1 aliphatic heterocycles. The van der Waals surface area contributed by atoms with E-state index in [4.69, 9.17) is 0 Å². The van der Waals surface area contributed by atoms with E-state index in [1.54, 1.807) is 0 Å². The molecule has 0 saturated carbocycles.